The van der Waals surface area contributed by atoms with Gasteiger partial charge in [-0.05, 0) is 70.3 Å². The molecular weight excluding hydrogens is 374 g/mol. The Morgan fingerprint density at radius 2 is 2.22 bits per heavy atom. The number of amides is 1. The smallest absolute Gasteiger partial charge is 0.244 e. The van der Waals surface area contributed by atoms with Crippen LogP contribution in [0.25, 0.3) is 0 Å². The van der Waals surface area contributed by atoms with Crippen molar-refractivity contribution in [3.8, 4) is 0 Å². The van der Waals surface area contributed by atoms with E-state index >= 15 is 0 Å². The van der Waals surface area contributed by atoms with Gasteiger partial charge >= 0.3 is 0 Å². The zero-order valence-electron chi connectivity index (χ0n) is 13.8. The minimum Gasteiger partial charge on any atom is -0.352 e. The number of hydrogen-bond donors (Lipinski definition) is 1. The van der Waals surface area contributed by atoms with Crippen LogP contribution in [0, 0.1) is 11.8 Å². The zero-order chi connectivity index (χ0) is 17.0. The van der Waals surface area contributed by atoms with Crippen molar-refractivity contribution in [3.05, 3.63) is 57.1 Å². The van der Waals surface area contributed by atoms with Crippen molar-refractivity contribution >= 4 is 33.4 Å². The van der Waals surface area contributed by atoms with E-state index in [1.807, 2.05) is 19.1 Å². The van der Waals surface area contributed by atoms with E-state index in [0.717, 1.165) is 21.5 Å². The van der Waals surface area contributed by atoms with Crippen LogP contribution < -0.4 is 5.32 Å². The van der Waals surface area contributed by atoms with Crippen molar-refractivity contribution in [3.63, 3.8) is 0 Å². The molecule has 1 amide bonds. The van der Waals surface area contributed by atoms with E-state index in [1.54, 1.807) is 6.08 Å². The first-order chi connectivity index (χ1) is 10.9. The summed E-state index contributed by atoms with van der Waals surface area (Å²) in [7, 11) is 0. The standard InChI is InChI=1S/C19H23BrClNO/c1-12(2)11-22-19(23)8-13(3)4-5-14-9-16(14)15-6-7-18(21)17(20)10-15/h4-8,10,12,14,16H,9,11H2,1-3H3,(H,22,23)/b5-4+,13-8+/t14-,16-/m1/s1. The first kappa shape index (κ1) is 18.3. The van der Waals surface area contributed by atoms with E-state index < -0.39 is 0 Å². The maximum atomic E-state index is 11.7. The Balaban J connectivity index is 1.87. The molecule has 1 aliphatic rings. The van der Waals surface area contributed by atoms with Gasteiger partial charge in [-0.1, -0.05) is 43.7 Å². The minimum atomic E-state index is -0.0187. The number of rotatable bonds is 6. The number of hydrogen-bond acceptors (Lipinski definition) is 1. The lowest BCUT2D eigenvalue weighted by Gasteiger charge is -2.04. The van der Waals surface area contributed by atoms with Gasteiger partial charge in [0.2, 0.25) is 5.91 Å². The molecule has 1 aromatic rings. The molecule has 1 aliphatic carbocycles. The fraction of sp³-hybridized carbons (Fsp3) is 0.421. The van der Waals surface area contributed by atoms with Gasteiger partial charge in [-0.15, -0.1) is 0 Å². The number of benzene rings is 1. The normalized spacial score (nSPS) is 21.0. The van der Waals surface area contributed by atoms with Crippen LogP contribution in [0.3, 0.4) is 0 Å². The quantitative estimate of drug-likeness (QED) is 0.500. The van der Waals surface area contributed by atoms with Gasteiger partial charge < -0.3 is 5.32 Å². The molecule has 4 heteroatoms. The van der Waals surface area contributed by atoms with Crippen LogP contribution in [-0.4, -0.2) is 12.5 Å². The van der Waals surface area contributed by atoms with E-state index in [4.69, 9.17) is 11.6 Å². The van der Waals surface area contributed by atoms with Crippen molar-refractivity contribution in [2.75, 3.05) is 6.54 Å². The van der Waals surface area contributed by atoms with Gasteiger partial charge in [0.1, 0.15) is 0 Å². The highest BCUT2D eigenvalue weighted by molar-refractivity contribution is 9.10. The summed E-state index contributed by atoms with van der Waals surface area (Å²) < 4.78 is 0.948. The third kappa shape index (κ3) is 5.82. The number of carbonyl (C=O) groups excluding carboxylic acids is 1. The summed E-state index contributed by atoms with van der Waals surface area (Å²) in [6, 6.07) is 6.13. The molecule has 124 valence electrons. The lowest BCUT2D eigenvalue weighted by atomic mass is 10.1. The third-order valence-corrected chi connectivity index (χ3v) is 5.08. The van der Waals surface area contributed by atoms with Gasteiger partial charge in [-0.3, -0.25) is 4.79 Å². The Hall–Kier alpha value is -1.06. The summed E-state index contributed by atoms with van der Waals surface area (Å²) in [5, 5.41) is 3.64. The monoisotopic (exact) mass is 395 g/mol. The molecule has 1 N–H and O–H groups in total. The second-order valence-corrected chi connectivity index (χ2v) is 7.83. The van der Waals surface area contributed by atoms with Crippen LogP contribution in [0.15, 0.2) is 46.5 Å². The Morgan fingerprint density at radius 3 is 2.87 bits per heavy atom. The van der Waals surface area contributed by atoms with Crippen molar-refractivity contribution in [2.24, 2.45) is 11.8 Å². The highest BCUT2D eigenvalue weighted by atomic mass is 79.9. The Kier molecular flexibility index (Phi) is 6.49. The van der Waals surface area contributed by atoms with Crippen molar-refractivity contribution < 1.29 is 4.79 Å². The van der Waals surface area contributed by atoms with Gasteiger partial charge in [0.25, 0.3) is 0 Å². The molecule has 2 rings (SSSR count). The molecule has 0 unspecified atom stereocenters. The maximum Gasteiger partial charge on any atom is 0.244 e. The lowest BCUT2D eigenvalue weighted by molar-refractivity contribution is -0.116. The second kappa shape index (κ2) is 8.16. The molecule has 1 aromatic carbocycles. The summed E-state index contributed by atoms with van der Waals surface area (Å²) in [6.07, 6.45) is 7.06. The molecule has 2 atom stereocenters. The van der Waals surface area contributed by atoms with Crippen LogP contribution in [0.1, 0.15) is 38.7 Å². The minimum absolute atomic E-state index is 0.0187. The van der Waals surface area contributed by atoms with E-state index in [1.165, 1.54) is 5.56 Å². The van der Waals surface area contributed by atoms with E-state index in [0.29, 0.717) is 24.3 Å². The fourth-order valence-electron chi connectivity index (χ4n) is 2.44. The fourth-order valence-corrected chi connectivity index (χ4v) is 2.95. The molecule has 0 spiro atoms. The van der Waals surface area contributed by atoms with E-state index in [2.05, 4.69) is 53.3 Å². The predicted molar refractivity (Wildman–Crippen MR) is 101 cm³/mol. The average molecular weight is 397 g/mol. The van der Waals surface area contributed by atoms with Crippen LogP contribution in [0.4, 0.5) is 0 Å². The topological polar surface area (TPSA) is 29.1 Å². The molecule has 1 saturated carbocycles. The number of nitrogens with one attached hydrogen (secondary N) is 1. The van der Waals surface area contributed by atoms with Gasteiger partial charge in [0.15, 0.2) is 0 Å². The van der Waals surface area contributed by atoms with Gasteiger partial charge in [0.05, 0.1) is 5.02 Å². The molecule has 0 aliphatic heterocycles. The third-order valence-electron chi connectivity index (χ3n) is 3.86. The second-order valence-electron chi connectivity index (χ2n) is 6.57. The zero-order valence-corrected chi connectivity index (χ0v) is 16.1. The van der Waals surface area contributed by atoms with Crippen molar-refractivity contribution in [1.82, 2.24) is 5.32 Å². The maximum absolute atomic E-state index is 11.7. The largest absolute Gasteiger partial charge is 0.352 e. The SMILES string of the molecule is CC(/C=C/[C@@H]1C[C@H]1c1ccc(Cl)c(Br)c1)=C\C(=O)NCC(C)C. The average Bonchev–Trinajstić information content (AvgIpc) is 3.25. The van der Waals surface area contributed by atoms with Gasteiger partial charge in [-0.25, -0.2) is 0 Å². The molecule has 23 heavy (non-hydrogen) atoms. The summed E-state index contributed by atoms with van der Waals surface area (Å²) >= 11 is 9.50. The molecule has 2 nitrogen and oxygen atoms in total. The van der Waals surface area contributed by atoms with Crippen LogP contribution in [0.5, 0.6) is 0 Å². The van der Waals surface area contributed by atoms with Crippen molar-refractivity contribution in [2.45, 2.75) is 33.1 Å². The molecular formula is C19H23BrClNO. The highest BCUT2D eigenvalue weighted by Crippen LogP contribution is 2.49. The number of allylic oxidation sites excluding steroid dienone is 3. The summed E-state index contributed by atoms with van der Waals surface area (Å²) in [6.45, 7) is 6.84. The molecule has 0 heterocycles. The summed E-state index contributed by atoms with van der Waals surface area (Å²) in [5.41, 5.74) is 2.29. The molecule has 1 fully saturated rings. The van der Waals surface area contributed by atoms with Crippen LogP contribution in [0.2, 0.25) is 5.02 Å². The first-order valence-corrected chi connectivity index (χ1v) is 9.13. The van der Waals surface area contributed by atoms with Crippen LogP contribution in [-0.2, 0) is 4.79 Å². The molecule has 0 radical (unpaired) electrons. The molecule has 0 bridgehead atoms. The molecule has 0 aromatic heterocycles. The number of halogens is 2. The van der Waals surface area contributed by atoms with Crippen molar-refractivity contribution in [1.29, 1.82) is 0 Å². The molecule has 0 saturated heterocycles. The Morgan fingerprint density at radius 1 is 1.48 bits per heavy atom. The van der Waals surface area contributed by atoms with E-state index in [-0.39, 0.29) is 5.91 Å². The lowest BCUT2D eigenvalue weighted by Crippen LogP contribution is -2.25. The van der Waals surface area contributed by atoms with E-state index in [9.17, 15) is 4.79 Å². The summed E-state index contributed by atoms with van der Waals surface area (Å²) in [5.74, 6) is 1.55. The van der Waals surface area contributed by atoms with Crippen LogP contribution >= 0.6 is 27.5 Å². The Bertz CT molecular complexity index is 636. The predicted octanol–water partition coefficient (Wildman–Crippen LogP) is 5.48. The number of carbonyl (C=O) groups is 1. The first-order valence-electron chi connectivity index (χ1n) is 7.96. The van der Waals surface area contributed by atoms with Gasteiger partial charge in [-0.2, -0.15) is 0 Å². The highest BCUT2D eigenvalue weighted by Gasteiger charge is 2.36. The summed E-state index contributed by atoms with van der Waals surface area (Å²) in [4.78, 5) is 11.7. The Labute approximate surface area is 152 Å². The van der Waals surface area contributed by atoms with Gasteiger partial charge in [0, 0.05) is 17.1 Å².